The van der Waals surface area contributed by atoms with E-state index >= 15 is 0 Å². The van der Waals surface area contributed by atoms with E-state index in [9.17, 15) is 0 Å². The normalized spacial score (nSPS) is 12.9. The lowest BCUT2D eigenvalue weighted by molar-refractivity contribution is 0.246. The summed E-state index contributed by atoms with van der Waals surface area (Å²) in [6.07, 6.45) is 14.8. The molecule has 0 bridgehead atoms. The van der Waals surface area contributed by atoms with Gasteiger partial charge in [-0.25, -0.2) is 0 Å². The van der Waals surface area contributed by atoms with Crippen molar-refractivity contribution in [2.75, 3.05) is 6.61 Å². The highest BCUT2D eigenvalue weighted by Crippen LogP contribution is 2.18. The first kappa shape index (κ1) is 16.0. The van der Waals surface area contributed by atoms with Crippen molar-refractivity contribution in [3.05, 3.63) is 0 Å². The summed E-state index contributed by atoms with van der Waals surface area (Å²) >= 11 is 0. The maximum absolute atomic E-state index is 8.89. The molecule has 1 atom stereocenters. The summed E-state index contributed by atoms with van der Waals surface area (Å²) in [7, 11) is 0. The summed E-state index contributed by atoms with van der Waals surface area (Å²) in [4.78, 5) is 0. The van der Waals surface area contributed by atoms with Crippen LogP contribution in [0.5, 0.6) is 0 Å². The lowest BCUT2D eigenvalue weighted by Gasteiger charge is -2.12. The molecule has 1 nitrogen and oxygen atoms in total. The summed E-state index contributed by atoms with van der Waals surface area (Å²) in [6, 6.07) is 0. The number of hydrogen-bond donors (Lipinski definition) is 1. The Morgan fingerprint density at radius 3 is 1.81 bits per heavy atom. The van der Waals surface area contributed by atoms with E-state index < -0.39 is 0 Å². The summed E-state index contributed by atoms with van der Waals surface area (Å²) in [6.45, 7) is 4.88. The third-order valence-corrected chi connectivity index (χ3v) is 3.58. The average Bonchev–Trinajstić information content (AvgIpc) is 2.31. The van der Waals surface area contributed by atoms with Crippen molar-refractivity contribution in [1.82, 2.24) is 0 Å². The Morgan fingerprint density at radius 1 is 0.750 bits per heavy atom. The van der Waals surface area contributed by atoms with E-state index in [2.05, 4.69) is 13.8 Å². The minimum Gasteiger partial charge on any atom is -0.396 e. The summed E-state index contributed by atoms with van der Waals surface area (Å²) < 4.78 is 0. The van der Waals surface area contributed by atoms with Gasteiger partial charge in [-0.2, -0.15) is 0 Å². The molecule has 1 N–H and O–H groups in total. The molecule has 0 aromatic carbocycles. The lowest BCUT2D eigenvalue weighted by Crippen LogP contribution is -2.01. The molecular formula is C15H32O. The second-order valence-electron chi connectivity index (χ2n) is 5.05. The van der Waals surface area contributed by atoms with Crippen LogP contribution in [-0.4, -0.2) is 11.7 Å². The van der Waals surface area contributed by atoms with Gasteiger partial charge in [0, 0.05) is 6.61 Å². The fourth-order valence-electron chi connectivity index (χ4n) is 2.30. The van der Waals surface area contributed by atoms with Gasteiger partial charge >= 0.3 is 0 Å². The highest BCUT2D eigenvalue weighted by atomic mass is 16.3. The Morgan fingerprint density at radius 2 is 1.31 bits per heavy atom. The number of aliphatic hydroxyl groups is 1. The first-order valence-corrected chi connectivity index (χ1v) is 7.46. The molecule has 1 heteroatoms. The lowest BCUT2D eigenvalue weighted by atomic mass is 9.95. The molecule has 16 heavy (non-hydrogen) atoms. The minimum atomic E-state index is 0.371. The van der Waals surface area contributed by atoms with E-state index in [4.69, 9.17) is 5.11 Å². The molecule has 0 aliphatic heterocycles. The highest BCUT2D eigenvalue weighted by molar-refractivity contribution is 4.57. The van der Waals surface area contributed by atoms with Crippen LogP contribution < -0.4 is 0 Å². The molecule has 0 saturated carbocycles. The van der Waals surface area contributed by atoms with Crippen molar-refractivity contribution in [3.8, 4) is 0 Å². The predicted octanol–water partition coefficient (Wildman–Crippen LogP) is 4.93. The van der Waals surface area contributed by atoms with Crippen LogP contribution in [0.2, 0.25) is 0 Å². The van der Waals surface area contributed by atoms with Gasteiger partial charge in [0.05, 0.1) is 0 Å². The molecule has 0 rings (SSSR count). The van der Waals surface area contributed by atoms with Crippen LogP contribution >= 0.6 is 0 Å². The van der Waals surface area contributed by atoms with E-state index in [1.54, 1.807) is 0 Å². The first-order chi connectivity index (χ1) is 7.85. The van der Waals surface area contributed by atoms with Crippen LogP contribution in [0.25, 0.3) is 0 Å². The molecule has 1 unspecified atom stereocenters. The Hall–Kier alpha value is -0.0400. The smallest absolute Gasteiger partial charge is 0.0433 e. The minimum absolute atomic E-state index is 0.371. The standard InChI is InChI=1S/C15H32O/c1-3-5-6-7-8-9-10-11-12-15(4-2)13-14-16/h15-16H,3-14H2,1-2H3. The molecule has 0 saturated heterocycles. The molecule has 98 valence electrons. The third kappa shape index (κ3) is 10.5. The first-order valence-electron chi connectivity index (χ1n) is 7.46. The molecule has 0 aromatic rings. The molecule has 0 spiro atoms. The molecule has 0 aliphatic rings. The predicted molar refractivity (Wildman–Crippen MR) is 72.7 cm³/mol. The van der Waals surface area contributed by atoms with Gasteiger partial charge < -0.3 is 5.11 Å². The summed E-state index contributed by atoms with van der Waals surface area (Å²) in [5.41, 5.74) is 0. The monoisotopic (exact) mass is 228 g/mol. The summed E-state index contributed by atoms with van der Waals surface area (Å²) in [5, 5.41) is 8.89. The largest absolute Gasteiger partial charge is 0.396 e. The Labute approximate surface area is 103 Å². The SMILES string of the molecule is CCCCCCCCCCC(CC)CCO. The van der Waals surface area contributed by atoms with E-state index in [1.807, 2.05) is 0 Å². The van der Waals surface area contributed by atoms with E-state index in [1.165, 1.54) is 64.2 Å². The van der Waals surface area contributed by atoms with Gasteiger partial charge in [-0.1, -0.05) is 78.1 Å². The van der Waals surface area contributed by atoms with Crippen molar-refractivity contribution in [1.29, 1.82) is 0 Å². The molecule has 0 aromatic heterocycles. The second kappa shape index (κ2) is 13.0. The molecular weight excluding hydrogens is 196 g/mol. The number of hydrogen-bond acceptors (Lipinski definition) is 1. The molecule has 0 aliphatic carbocycles. The fourth-order valence-corrected chi connectivity index (χ4v) is 2.30. The van der Waals surface area contributed by atoms with Crippen LogP contribution in [-0.2, 0) is 0 Å². The van der Waals surface area contributed by atoms with Gasteiger partial charge in [-0.3, -0.25) is 0 Å². The van der Waals surface area contributed by atoms with Crippen molar-refractivity contribution in [3.63, 3.8) is 0 Å². The maximum atomic E-state index is 8.89. The zero-order chi connectivity index (χ0) is 12.1. The zero-order valence-electron chi connectivity index (χ0n) is 11.5. The van der Waals surface area contributed by atoms with Gasteiger partial charge in [0.2, 0.25) is 0 Å². The van der Waals surface area contributed by atoms with Crippen molar-refractivity contribution >= 4 is 0 Å². The fraction of sp³-hybridized carbons (Fsp3) is 1.00. The molecule has 0 radical (unpaired) electrons. The highest BCUT2D eigenvalue weighted by Gasteiger charge is 2.04. The Balaban J connectivity index is 3.12. The van der Waals surface area contributed by atoms with Gasteiger partial charge in [-0.15, -0.1) is 0 Å². The molecule has 0 heterocycles. The Bertz CT molecular complexity index is 123. The van der Waals surface area contributed by atoms with Crippen molar-refractivity contribution in [2.45, 2.75) is 84.5 Å². The quantitative estimate of drug-likeness (QED) is 0.470. The van der Waals surface area contributed by atoms with E-state index in [0.717, 1.165) is 12.3 Å². The van der Waals surface area contributed by atoms with E-state index in [0.29, 0.717) is 6.61 Å². The van der Waals surface area contributed by atoms with Gasteiger partial charge in [0.1, 0.15) is 0 Å². The average molecular weight is 228 g/mol. The van der Waals surface area contributed by atoms with Crippen LogP contribution in [0, 0.1) is 5.92 Å². The maximum Gasteiger partial charge on any atom is 0.0433 e. The Kier molecular flexibility index (Phi) is 13.0. The number of rotatable bonds is 12. The van der Waals surface area contributed by atoms with Crippen molar-refractivity contribution in [2.24, 2.45) is 5.92 Å². The third-order valence-electron chi connectivity index (χ3n) is 3.58. The number of unbranched alkanes of at least 4 members (excludes halogenated alkanes) is 7. The van der Waals surface area contributed by atoms with Crippen LogP contribution in [0.1, 0.15) is 84.5 Å². The van der Waals surface area contributed by atoms with Crippen molar-refractivity contribution < 1.29 is 5.11 Å². The summed E-state index contributed by atoms with van der Waals surface area (Å²) in [5.74, 6) is 0.769. The van der Waals surface area contributed by atoms with Gasteiger partial charge in [0.15, 0.2) is 0 Å². The van der Waals surface area contributed by atoms with Gasteiger partial charge in [0.25, 0.3) is 0 Å². The van der Waals surface area contributed by atoms with E-state index in [-0.39, 0.29) is 0 Å². The van der Waals surface area contributed by atoms with Crippen LogP contribution in [0.15, 0.2) is 0 Å². The molecule has 0 amide bonds. The topological polar surface area (TPSA) is 20.2 Å². The molecule has 0 fully saturated rings. The zero-order valence-corrected chi connectivity index (χ0v) is 11.5. The van der Waals surface area contributed by atoms with Gasteiger partial charge in [-0.05, 0) is 12.3 Å². The van der Waals surface area contributed by atoms with Crippen LogP contribution in [0.3, 0.4) is 0 Å². The van der Waals surface area contributed by atoms with Crippen LogP contribution in [0.4, 0.5) is 0 Å². The second-order valence-corrected chi connectivity index (χ2v) is 5.05. The number of aliphatic hydroxyl groups excluding tert-OH is 1.